The van der Waals surface area contributed by atoms with Gasteiger partial charge < -0.3 is 24.8 Å². The lowest BCUT2D eigenvalue weighted by Crippen LogP contribution is -2.25. The highest BCUT2D eigenvalue weighted by molar-refractivity contribution is 6.09. The number of benzene rings is 2. The van der Waals surface area contributed by atoms with Gasteiger partial charge in [-0.2, -0.15) is 0 Å². The summed E-state index contributed by atoms with van der Waals surface area (Å²) in [6, 6.07) is 9.94. The predicted molar refractivity (Wildman–Crippen MR) is 103 cm³/mol. The van der Waals surface area contributed by atoms with Gasteiger partial charge in [-0.3, -0.25) is 9.59 Å². The molecule has 0 aliphatic heterocycles. The first-order chi connectivity index (χ1) is 13.0. The molecule has 0 saturated heterocycles. The van der Waals surface area contributed by atoms with E-state index in [0.717, 1.165) is 6.42 Å². The lowest BCUT2D eigenvalue weighted by atomic mass is 10.1. The third-order valence-electron chi connectivity index (χ3n) is 3.88. The van der Waals surface area contributed by atoms with Crippen molar-refractivity contribution in [1.82, 2.24) is 5.32 Å². The zero-order valence-corrected chi connectivity index (χ0v) is 15.9. The summed E-state index contributed by atoms with van der Waals surface area (Å²) in [6.45, 7) is 2.53. The van der Waals surface area contributed by atoms with Gasteiger partial charge in [-0.25, -0.2) is 0 Å². The second kappa shape index (κ2) is 9.47. The molecule has 0 saturated carbocycles. The van der Waals surface area contributed by atoms with Crippen LogP contribution in [0.25, 0.3) is 0 Å². The van der Waals surface area contributed by atoms with Crippen molar-refractivity contribution in [1.29, 1.82) is 0 Å². The van der Waals surface area contributed by atoms with Crippen LogP contribution in [-0.4, -0.2) is 39.7 Å². The van der Waals surface area contributed by atoms with Crippen molar-refractivity contribution >= 4 is 17.5 Å². The van der Waals surface area contributed by atoms with Crippen molar-refractivity contribution in [2.24, 2.45) is 0 Å². The number of rotatable bonds is 8. The summed E-state index contributed by atoms with van der Waals surface area (Å²) in [4.78, 5) is 25.1. The van der Waals surface area contributed by atoms with Gasteiger partial charge in [-0.15, -0.1) is 0 Å². The average molecular weight is 372 g/mol. The Morgan fingerprint density at radius 1 is 0.926 bits per heavy atom. The maximum absolute atomic E-state index is 12.7. The minimum absolute atomic E-state index is 0.238. The molecule has 0 aliphatic rings. The summed E-state index contributed by atoms with van der Waals surface area (Å²) in [7, 11) is 4.45. The van der Waals surface area contributed by atoms with E-state index in [-0.39, 0.29) is 5.91 Å². The first-order valence-electron chi connectivity index (χ1n) is 8.54. The molecule has 2 aromatic rings. The van der Waals surface area contributed by atoms with Crippen LogP contribution in [0.5, 0.6) is 17.2 Å². The average Bonchev–Trinajstić information content (AvgIpc) is 2.70. The van der Waals surface area contributed by atoms with Crippen LogP contribution in [-0.2, 0) is 0 Å². The molecule has 2 aromatic carbocycles. The van der Waals surface area contributed by atoms with Crippen molar-refractivity contribution in [2.45, 2.75) is 13.3 Å². The smallest absolute Gasteiger partial charge is 0.255 e. The highest BCUT2D eigenvalue weighted by Gasteiger charge is 2.19. The molecule has 0 fully saturated rings. The van der Waals surface area contributed by atoms with E-state index in [2.05, 4.69) is 10.6 Å². The van der Waals surface area contributed by atoms with E-state index in [9.17, 15) is 9.59 Å². The van der Waals surface area contributed by atoms with Gasteiger partial charge in [0.25, 0.3) is 11.8 Å². The third-order valence-corrected chi connectivity index (χ3v) is 3.88. The van der Waals surface area contributed by atoms with Crippen LogP contribution >= 0.6 is 0 Å². The molecule has 0 heterocycles. The van der Waals surface area contributed by atoms with Gasteiger partial charge in [-0.05, 0) is 30.7 Å². The molecule has 7 heteroatoms. The van der Waals surface area contributed by atoms with E-state index in [4.69, 9.17) is 14.2 Å². The van der Waals surface area contributed by atoms with Gasteiger partial charge in [-0.1, -0.05) is 19.1 Å². The lowest BCUT2D eigenvalue weighted by Gasteiger charge is -2.15. The molecule has 2 N–H and O–H groups in total. The van der Waals surface area contributed by atoms with E-state index < -0.39 is 5.91 Å². The van der Waals surface area contributed by atoms with E-state index in [1.54, 1.807) is 36.4 Å². The van der Waals surface area contributed by atoms with Gasteiger partial charge >= 0.3 is 0 Å². The summed E-state index contributed by atoms with van der Waals surface area (Å²) >= 11 is 0. The molecule has 2 amide bonds. The molecule has 0 aliphatic carbocycles. The second-order valence-electron chi connectivity index (χ2n) is 5.67. The summed E-state index contributed by atoms with van der Waals surface area (Å²) in [5, 5.41) is 5.58. The Hall–Kier alpha value is -3.22. The van der Waals surface area contributed by atoms with Gasteiger partial charge in [0, 0.05) is 12.1 Å². The van der Waals surface area contributed by atoms with Crippen molar-refractivity contribution in [3.05, 3.63) is 47.5 Å². The van der Waals surface area contributed by atoms with E-state index >= 15 is 0 Å². The highest BCUT2D eigenvalue weighted by Crippen LogP contribution is 2.38. The Morgan fingerprint density at radius 2 is 1.56 bits per heavy atom. The number of carbonyl (C=O) groups is 2. The molecular weight excluding hydrogens is 348 g/mol. The van der Waals surface area contributed by atoms with Crippen LogP contribution in [0.4, 0.5) is 5.69 Å². The quantitative estimate of drug-likeness (QED) is 0.744. The standard InChI is InChI=1S/C20H24N2O5/c1-5-10-21-20(24)14-8-6-7-9-15(14)22-19(23)13-11-16(25-2)18(27-4)17(12-13)26-3/h6-9,11-12H,5,10H2,1-4H3,(H,21,24)(H,22,23). The number of ether oxygens (including phenoxy) is 3. The Morgan fingerprint density at radius 3 is 2.11 bits per heavy atom. The largest absolute Gasteiger partial charge is 0.493 e. The molecule has 7 nitrogen and oxygen atoms in total. The number of methoxy groups -OCH3 is 3. The summed E-state index contributed by atoms with van der Waals surface area (Å²) in [5.74, 6) is 0.505. The van der Waals surface area contributed by atoms with Gasteiger partial charge in [0.15, 0.2) is 11.5 Å². The van der Waals surface area contributed by atoms with E-state index in [0.29, 0.717) is 40.6 Å². The molecule has 27 heavy (non-hydrogen) atoms. The topological polar surface area (TPSA) is 85.9 Å². The van der Waals surface area contributed by atoms with Gasteiger partial charge in [0.05, 0.1) is 32.6 Å². The zero-order chi connectivity index (χ0) is 19.8. The molecule has 0 radical (unpaired) electrons. The number of nitrogens with one attached hydrogen (secondary N) is 2. The summed E-state index contributed by atoms with van der Waals surface area (Å²) in [5.41, 5.74) is 1.13. The molecule has 0 atom stereocenters. The van der Waals surface area contributed by atoms with Crippen LogP contribution < -0.4 is 24.8 Å². The maximum atomic E-state index is 12.7. The summed E-state index contributed by atoms with van der Waals surface area (Å²) < 4.78 is 15.8. The third kappa shape index (κ3) is 4.69. The van der Waals surface area contributed by atoms with Gasteiger partial charge in [0.2, 0.25) is 5.75 Å². The molecule has 0 unspecified atom stereocenters. The first kappa shape index (κ1) is 20.1. The van der Waals surface area contributed by atoms with E-state index in [1.165, 1.54) is 21.3 Å². The minimum Gasteiger partial charge on any atom is -0.493 e. The van der Waals surface area contributed by atoms with Crippen molar-refractivity contribution in [3.63, 3.8) is 0 Å². The van der Waals surface area contributed by atoms with Crippen molar-refractivity contribution in [2.75, 3.05) is 33.2 Å². The number of hydrogen-bond donors (Lipinski definition) is 2. The van der Waals surface area contributed by atoms with Crippen LogP contribution in [0.15, 0.2) is 36.4 Å². The van der Waals surface area contributed by atoms with Crippen molar-refractivity contribution < 1.29 is 23.8 Å². The monoisotopic (exact) mass is 372 g/mol. The molecular formula is C20H24N2O5. The number of carbonyl (C=O) groups excluding carboxylic acids is 2. The molecule has 144 valence electrons. The van der Waals surface area contributed by atoms with Crippen LogP contribution in [0.3, 0.4) is 0 Å². The van der Waals surface area contributed by atoms with Crippen molar-refractivity contribution in [3.8, 4) is 17.2 Å². The normalized spacial score (nSPS) is 10.1. The number of hydrogen-bond acceptors (Lipinski definition) is 5. The van der Waals surface area contributed by atoms with Crippen LogP contribution in [0.2, 0.25) is 0 Å². The SMILES string of the molecule is CCCNC(=O)c1ccccc1NC(=O)c1cc(OC)c(OC)c(OC)c1. The van der Waals surface area contributed by atoms with Crippen LogP contribution in [0.1, 0.15) is 34.1 Å². The Balaban J connectivity index is 2.32. The number of amides is 2. The zero-order valence-electron chi connectivity index (χ0n) is 15.9. The maximum Gasteiger partial charge on any atom is 0.255 e. The van der Waals surface area contributed by atoms with Crippen LogP contribution in [0, 0.1) is 0 Å². The Labute approximate surface area is 158 Å². The predicted octanol–water partition coefficient (Wildman–Crippen LogP) is 3.10. The molecule has 2 rings (SSSR count). The molecule has 0 bridgehead atoms. The number of para-hydroxylation sites is 1. The number of anilines is 1. The Bertz CT molecular complexity index is 795. The lowest BCUT2D eigenvalue weighted by molar-refractivity contribution is 0.0954. The van der Waals surface area contributed by atoms with E-state index in [1.807, 2.05) is 6.92 Å². The fourth-order valence-electron chi connectivity index (χ4n) is 2.53. The fourth-order valence-corrected chi connectivity index (χ4v) is 2.53. The fraction of sp³-hybridized carbons (Fsp3) is 0.300. The first-order valence-corrected chi connectivity index (χ1v) is 8.54. The molecule has 0 aromatic heterocycles. The summed E-state index contributed by atoms with van der Waals surface area (Å²) in [6.07, 6.45) is 0.825. The Kier molecular flexibility index (Phi) is 7.05. The molecule has 0 spiro atoms. The van der Waals surface area contributed by atoms with Gasteiger partial charge in [0.1, 0.15) is 0 Å². The minimum atomic E-state index is -0.398. The second-order valence-corrected chi connectivity index (χ2v) is 5.67. The highest BCUT2D eigenvalue weighted by atomic mass is 16.5.